The molecule has 0 saturated carbocycles. The molecule has 0 aromatic heterocycles. The predicted octanol–water partition coefficient (Wildman–Crippen LogP) is 2.86. The van der Waals surface area contributed by atoms with Crippen LogP contribution in [0.3, 0.4) is 0 Å². The summed E-state index contributed by atoms with van der Waals surface area (Å²) >= 11 is 0. The Morgan fingerprint density at radius 3 is 2.70 bits per heavy atom. The number of carbonyl (C=O) groups is 1. The monoisotopic (exact) mass is 280 g/mol. The zero-order chi connectivity index (χ0) is 15.1. The zero-order valence-corrected chi connectivity index (χ0v) is 11.8. The summed E-state index contributed by atoms with van der Waals surface area (Å²) in [4.78, 5) is 21.8. The van der Waals surface area contributed by atoms with Gasteiger partial charge in [-0.3, -0.25) is 14.9 Å². The Balaban J connectivity index is 2.56. The number of rotatable bonds is 7. The molecular weight excluding hydrogens is 260 g/mol. The van der Waals surface area contributed by atoms with E-state index >= 15 is 0 Å². The molecule has 20 heavy (non-hydrogen) atoms. The maximum atomic E-state index is 11.8. The number of hydrogen-bond acceptors (Lipinski definition) is 4. The topological polar surface area (TPSA) is 92.5 Å². The molecular formula is C14H20N2O4. The number of nitrogens with zero attached hydrogens (tertiary/aromatic N) is 1. The van der Waals surface area contributed by atoms with Gasteiger partial charge >= 0.3 is 5.69 Å². The highest BCUT2D eigenvalue weighted by atomic mass is 16.6. The number of phenols is 1. The lowest BCUT2D eigenvalue weighted by Crippen LogP contribution is -2.24. The Hall–Kier alpha value is -2.11. The van der Waals surface area contributed by atoms with Crippen molar-refractivity contribution in [3.8, 4) is 5.75 Å². The maximum Gasteiger partial charge on any atom is 0.311 e. The van der Waals surface area contributed by atoms with Crippen molar-refractivity contribution in [3.05, 3.63) is 33.9 Å². The van der Waals surface area contributed by atoms with Crippen LogP contribution >= 0.6 is 0 Å². The molecule has 0 aliphatic heterocycles. The van der Waals surface area contributed by atoms with E-state index in [0.717, 1.165) is 25.3 Å². The Labute approximate surface area is 118 Å². The second-order valence-electron chi connectivity index (χ2n) is 5.08. The van der Waals surface area contributed by atoms with Crippen molar-refractivity contribution in [2.45, 2.75) is 33.1 Å². The third kappa shape index (κ3) is 4.53. The highest BCUT2D eigenvalue weighted by molar-refractivity contribution is 5.98. The number of phenolic OH excluding ortho intramolecular Hbond substituents is 1. The second-order valence-corrected chi connectivity index (χ2v) is 5.08. The number of carbonyl (C=O) groups excluding carboxylic acids is 1. The highest BCUT2D eigenvalue weighted by Gasteiger charge is 2.20. The normalized spacial score (nSPS) is 10.6. The molecule has 0 aliphatic carbocycles. The summed E-state index contributed by atoms with van der Waals surface area (Å²) in [6, 6.07) is 3.91. The molecule has 2 N–H and O–H groups in total. The van der Waals surface area contributed by atoms with Crippen LogP contribution in [0.15, 0.2) is 18.2 Å². The summed E-state index contributed by atoms with van der Waals surface area (Å²) in [6.07, 6.45) is 2.95. The van der Waals surface area contributed by atoms with Gasteiger partial charge in [0.2, 0.25) is 5.75 Å². The molecule has 0 unspecified atom stereocenters. The van der Waals surface area contributed by atoms with Gasteiger partial charge in [-0.2, -0.15) is 0 Å². The molecule has 0 spiro atoms. The number of unbranched alkanes of at least 4 members (excludes halogenated alkanes) is 1. The van der Waals surface area contributed by atoms with Crippen molar-refractivity contribution >= 4 is 11.6 Å². The number of benzene rings is 1. The number of nitrogens with one attached hydrogen (secondary N) is 1. The van der Waals surface area contributed by atoms with Gasteiger partial charge in [0, 0.05) is 12.6 Å². The van der Waals surface area contributed by atoms with Crippen LogP contribution in [0.25, 0.3) is 0 Å². The summed E-state index contributed by atoms with van der Waals surface area (Å²) in [7, 11) is 0. The van der Waals surface area contributed by atoms with Gasteiger partial charge in [0.25, 0.3) is 5.91 Å². The second kappa shape index (κ2) is 7.47. The Bertz CT molecular complexity index is 486. The zero-order valence-electron chi connectivity index (χ0n) is 11.8. The minimum absolute atomic E-state index is 0.0666. The van der Waals surface area contributed by atoms with Crippen LogP contribution in [0.4, 0.5) is 5.69 Å². The molecule has 1 rings (SSSR count). The van der Waals surface area contributed by atoms with Gasteiger partial charge in [-0.05, 0) is 18.4 Å². The van der Waals surface area contributed by atoms with Gasteiger partial charge < -0.3 is 10.4 Å². The maximum absolute atomic E-state index is 11.8. The SMILES string of the molecule is CC(C)CCCCNC(=O)c1cccc([N+](=O)[O-])c1O. The first-order valence-corrected chi connectivity index (χ1v) is 6.68. The van der Waals surface area contributed by atoms with Crippen LogP contribution < -0.4 is 5.32 Å². The van der Waals surface area contributed by atoms with E-state index in [1.807, 2.05) is 0 Å². The molecule has 6 heteroatoms. The van der Waals surface area contributed by atoms with Gasteiger partial charge in [0.15, 0.2) is 0 Å². The molecule has 1 aromatic carbocycles. The first-order valence-electron chi connectivity index (χ1n) is 6.68. The van der Waals surface area contributed by atoms with E-state index < -0.39 is 22.3 Å². The molecule has 0 fully saturated rings. The Morgan fingerprint density at radius 2 is 2.10 bits per heavy atom. The van der Waals surface area contributed by atoms with E-state index in [1.165, 1.54) is 12.1 Å². The fourth-order valence-corrected chi connectivity index (χ4v) is 1.84. The molecule has 110 valence electrons. The lowest BCUT2D eigenvalue weighted by molar-refractivity contribution is -0.385. The van der Waals surface area contributed by atoms with Crippen molar-refractivity contribution in [3.63, 3.8) is 0 Å². The minimum atomic E-state index is -0.714. The summed E-state index contributed by atoms with van der Waals surface area (Å²) in [6.45, 7) is 4.77. The average molecular weight is 280 g/mol. The predicted molar refractivity (Wildman–Crippen MR) is 75.8 cm³/mol. The van der Waals surface area contributed by atoms with Crippen molar-refractivity contribution in [2.75, 3.05) is 6.54 Å². The number of hydrogen-bond donors (Lipinski definition) is 2. The van der Waals surface area contributed by atoms with Crippen LogP contribution in [0.5, 0.6) is 5.75 Å². The van der Waals surface area contributed by atoms with E-state index in [4.69, 9.17) is 0 Å². The third-order valence-corrected chi connectivity index (χ3v) is 2.95. The van der Waals surface area contributed by atoms with Crippen LogP contribution in [0.1, 0.15) is 43.5 Å². The van der Waals surface area contributed by atoms with E-state index in [-0.39, 0.29) is 5.56 Å². The molecule has 0 radical (unpaired) electrons. The van der Waals surface area contributed by atoms with Gasteiger partial charge in [0.05, 0.1) is 10.5 Å². The summed E-state index contributed by atoms with van der Waals surface area (Å²) in [5.41, 5.74) is -0.527. The summed E-state index contributed by atoms with van der Waals surface area (Å²) in [5.74, 6) is -0.445. The standard InChI is InChI=1S/C14H20N2O4/c1-10(2)6-3-4-9-15-14(18)11-7-5-8-12(13(11)17)16(19)20/h5,7-8,10,17H,3-4,6,9H2,1-2H3,(H,15,18). The Morgan fingerprint density at radius 1 is 1.40 bits per heavy atom. The number of nitro benzene ring substituents is 1. The van der Waals surface area contributed by atoms with E-state index in [9.17, 15) is 20.0 Å². The fourth-order valence-electron chi connectivity index (χ4n) is 1.84. The summed E-state index contributed by atoms with van der Waals surface area (Å²) in [5, 5.41) is 23.0. The smallest absolute Gasteiger partial charge is 0.311 e. The van der Waals surface area contributed by atoms with Crippen LogP contribution in [0, 0.1) is 16.0 Å². The lowest BCUT2D eigenvalue weighted by Gasteiger charge is -2.07. The molecule has 1 aromatic rings. The lowest BCUT2D eigenvalue weighted by atomic mass is 10.1. The van der Waals surface area contributed by atoms with Crippen molar-refractivity contribution in [1.82, 2.24) is 5.32 Å². The number of amides is 1. The molecule has 0 heterocycles. The van der Waals surface area contributed by atoms with Crippen molar-refractivity contribution in [1.29, 1.82) is 0 Å². The minimum Gasteiger partial charge on any atom is -0.502 e. The van der Waals surface area contributed by atoms with Gasteiger partial charge in [0.1, 0.15) is 0 Å². The Kier molecular flexibility index (Phi) is 5.96. The van der Waals surface area contributed by atoms with Crippen LogP contribution in [-0.4, -0.2) is 22.5 Å². The average Bonchev–Trinajstić information content (AvgIpc) is 2.37. The number of nitro groups is 1. The molecule has 0 bridgehead atoms. The first-order chi connectivity index (χ1) is 9.43. The highest BCUT2D eigenvalue weighted by Crippen LogP contribution is 2.28. The molecule has 6 nitrogen and oxygen atoms in total. The third-order valence-electron chi connectivity index (χ3n) is 2.95. The molecule has 0 saturated heterocycles. The van der Waals surface area contributed by atoms with E-state index in [2.05, 4.69) is 19.2 Å². The molecule has 1 amide bonds. The van der Waals surface area contributed by atoms with Crippen molar-refractivity contribution in [2.24, 2.45) is 5.92 Å². The van der Waals surface area contributed by atoms with Gasteiger partial charge in [-0.1, -0.05) is 32.8 Å². The van der Waals surface area contributed by atoms with E-state index in [0.29, 0.717) is 12.5 Å². The quantitative estimate of drug-likeness (QED) is 0.456. The van der Waals surface area contributed by atoms with Crippen LogP contribution in [0.2, 0.25) is 0 Å². The van der Waals surface area contributed by atoms with Gasteiger partial charge in [-0.25, -0.2) is 0 Å². The fraction of sp³-hybridized carbons (Fsp3) is 0.500. The van der Waals surface area contributed by atoms with Crippen molar-refractivity contribution < 1.29 is 14.8 Å². The molecule has 0 aliphatic rings. The largest absolute Gasteiger partial charge is 0.502 e. The van der Waals surface area contributed by atoms with Crippen LogP contribution in [-0.2, 0) is 0 Å². The number of aromatic hydroxyl groups is 1. The van der Waals surface area contributed by atoms with E-state index in [1.54, 1.807) is 0 Å². The first kappa shape index (κ1) is 15.9. The molecule has 0 atom stereocenters. The summed E-state index contributed by atoms with van der Waals surface area (Å²) < 4.78 is 0. The number of para-hydroxylation sites is 1. The van der Waals surface area contributed by atoms with Gasteiger partial charge in [-0.15, -0.1) is 0 Å².